The molecule has 0 spiro atoms. The largest absolute Gasteiger partial charge is 0.391 e. The molecule has 0 aromatic heterocycles. The van der Waals surface area contributed by atoms with Crippen LogP contribution < -0.4 is 0 Å². The van der Waals surface area contributed by atoms with Crippen LogP contribution in [-0.2, 0) is 0 Å². The molecule has 4 heteroatoms. The maximum absolute atomic E-state index is 11.9. The Balaban J connectivity index is 3.47. The second kappa shape index (κ2) is 3.03. The van der Waals surface area contributed by atoms with Gasteiger partial charge in [0.15, 0.2) is 0 Å². The Hall–Kier alpha value is -0.280. The topological polar surface area (TPSA) is 0 Å². The molecule has 0 aromatic carbocycles. The molecule has 0 heterocycles. The van der Waals surface area contributed by atoms with Crippen LogP contribution in [-0.4, -0.2) is 12.3 Å². The minimum Gasteiger partial charge on any atom is -0.247 e. The van der Waals surface area contributed by atoms with Gasteiger partial charge in [0.05, 0.1) is 6.42 Å². The quantitative estimate of drug-likeness (QED) is 0.522. The van der Waals surface area contributed by atoms with E-state index >= 15 is 0 Å². The zero-order valence-corrected chi connectivity index (χ0v) is 5.00. The van der Waals surface area contributed by atoms with E-state index < -0.39 is 18.8 Å². The molecule has 1 atom stereocenters. The summed E-state index contributed by atoms with van der Waals surface area (Å²) in [6.45, 7) is 1.39. The monoisotopic (exact) mass is 144 g/mol. The standard InChI is InChI=1S/C5H8F4/c1-2-4(6)3-5(7,8)9/h4H,2-3H2,1H3/t4-/m0/s1. The highest BCUT2D eigenvalue weighted by atomic mass is 19.4. The molecular weight excluding hydrogens is 136 g/mol. The second-order valence-electron chi connectivity index (χ2n) is 1.82. The molecule has 0 aromatic rings. The van der Waals surface area contributed by atoms with Gasteiger partial charge in [-0.25, -0.2) is 4.39 Å². The van der Waals surface area contributed by atoms with Crippen molar-refractivity contribution in [3.05, 3.63) is 0 Å². The van der Waals surface area contributed by atoms with Crippen molar-refractivity contribution in [3.63, 3.8) is 0 Å². The number of rotatable bonds is 2. The summed E-state index contributed by atoms with van der Waals surface area (Å²) < 4.78 is 45.7. The van der Waals surface area contributed by atoms with Gasteiger partial charge < -0.3 is 0 Å². The van der Waals surface area contributed by atoms with Gasteiger partial charge in [-0.05, 0) is 6.42 Å². The average molecular weight is 144 g/mol. The van der Waals surface area contributed by atoms with Crippen LogP contribution in [0.5, 0.6) is 0 Å². The zero-order chi connectivity index (χ0) is 7.49. The molecule has 0 aliphatic heterocycles. The van der Waals surface area contributed by atoms with E-state index in [-0.39, 0.29) is 6.42 Å². The smallest absolute Gasteiger partial charge is 0.247 e. The van der Waals surface area contributed by atoms with Crippen LogP contribution in [0.25, 0.3) is 0 Å². The summed E-state index contributed by atoms with van der Waals surface area (Å²) in [5, 5.41) is 0. The summed E-state index contributed by atoms with van der Waals surface area (Å²) in [6, 6.07) is 0. The van der Waals surface area contributed by atoms with Crippen LogP contribution in [0.4, 0.5) is 17.6 Å². The van der Waals surface area contributed by atoms with E-state index in [1.54, 1.807) is 0 Å². The number of hydrogen-bond acceptors (Lipinski definition) is 0. The summed E-state index contributed by atoms with van der Waals surface area (Å²) in [5.74, 6) is 0. The fraction of sp³-hybridized carbons (Fsp3) is 1.00. The highest BCUT2D eigenvalue weighted by Gasteiger charge is 2.30. The molecule has 0 rings (SSSR count). The minimum absolute atomic E-state index is 0.0699. The van der Waals surface area contributed by atoms with E-state index in [9.17, 15) is 17.6 Å². The Kier molecular flexibility index (Phi) is 2.94. The molecule has 0 saturated carbocycles. The predicted molar refractivity (Wildman–Crippen MR) is 25.9 cm³/mol. The van der Waals surface area contributed by atoms with Gasteiger partial charge >= 0.3 is 6.18 Å². The van der Waals surface area contributed by atoms with Crippen molar-refractivity contribution in [2.45, 2.75) is 32.1 Å². The van der Waals surface area contributed by atoms with E-state index in [1.165, 1.54) is 6.92 Å². The molecule has 0 nitrogen and oxygen atoms in total. The lowest BCUT2D eigenvalue weighted by molar-refractivity contribution is -0.146. The van der Waals surface area contributed by atoms with Gasteiger partial charge in [-0.15, -0.1) is 0 Å². The first-order valence-corrected chi connectivity index (χ1v) is 2.66. The van der Waals surface area contributed by atoms with Crippen molar-refractivity contribution < 1.29 is 17.6 Å². The molecular formula is C5H8F4. The van der Waals surface area contributed by atoms with Crippen LogP contribution in [0.3, 0.4) is 0 Å². The van der Waals surface area contributed by atoms with Gasteiger partial charge in [0.1, 0.15) is 6.17 Å². The van der Waals surface area contributed by atoms with E-state index in [0.29, 0.717) is 0 Å². The molecule has 56 valence electrons. The molecule has 0 unspecified atom stereocenters. The summed E-state index contributed by atoms with van der Waals surface area (Å²) >= 11 is 0. The van der Waals surface area contributed by atoms with Gasteiger partial charge in [0.25, 0.3) is 0 Å². The van der Waals surface area contributed by atoms with Crippen molar-refractivity contribution in [2.24, 2.45) is 0 Å². The first-order valence-electron chi connectivity index (χ1n) is 2.66. The lowest BCUT2D eigenvalue weighted by Crippen LogP contribution is -2.14. The van der Waals surface area contributed by atoms with Crippen molar-refractivity contribution in [3.8, 4) is 0 Å². The second-order valence-corrected chi connectivity index (χ2v) is 1.82. The molecule has 9 heavy (non-hydrogen) atoms. The minimum atomic E-state index is -4.35. The molecule has 0 amide bonds. The fourth-order valence-electron chi connectivity index (χ4n) is 0.395. The Morgan fingerprint density at radius 2 is 1.78 bits per heavy atom. The third kappa shape index (κ3) is 5.59. The van der Waals surface area contributed by atoms with Gasteiger partial charge in [-0.3, -0.25) is 0 Å². The summed E-state index contributed by atoms with van der Waals surface area (Å²) in [7, 11) is 0. The normalized spacial score (nSPS) is 15.7. The number of halogens is 4. The van der Waals surface area contributed by atoms with Crippen LogP contribution in [0.2, 0.25) is 0 Å². The highest BCUT2D eigenvalue weighted by molar-refractivity contribution is 4.59. The third-order valence-corrected chi connectivity index (χ3v) is 0.896. The molecule has 0 fully saturated rings. The maximum Gasteiger partial charge on any atom is 0.391 e. The van der Waals surface area contributed by atoms with Crippen molar-refractivity contribution in [1.82, 2.24) is 0 Å². The van der Waals surface area contributed by atoms with Gasteiger partial charge in [0, 0.05) is 0 Å². The average Bonchev–Trinajstić information content (AvgIpc) is 1.62. The molecule has 0 N–H and O–H groups in total. The van der Waals surface area contributed by atoms with Crippen molar-refractivity contribution in [1.29, 1.82) is 0 Å². The first kappa shape index (κ1) is 8.72. The van der Waals surface area contributed by atoms with Gasteiger partial charge in [-0.2, -0.15) is 13.2 Å². The SMILES string of the molecule is CC[C@H](F)CC(F)(F)F. The third-order valence-electron chi connectivity index (χ3n) is 0.896. The Bertz CT molecular complexity index is 75.5. The first-order chi connectivity index (χ1) is 3.95. The maximum atomic E-state index is 11.9. The molecule has 0 saturated heterocycles. The van der Waals surface area contributed by atoms with E-state index in [1.807, 2.05) is 0 Å². The van der Waals surface area contributed by atoms with E-state index in [2.05, 4.69) is 0 Å². The Morgan fingerprint density at radius 3 is 1.89 bits per heavy atom. The highest BCUT2D eigenvalue weighted by Crippen LogP contribution is 2.23. The van der Waals surface area contributed by atoms with Crippen LogP contribution in [0, 0.1) is 0 Å². The predicted octanol–water partition coefficient (Wildman–Crippen LogP) is 2.69. The summed E-state index contributed by atoms with van der Waals surface area (Å²) in [5.41, 5.74) is 0. The lowest BCUT2D eigenvalue weighted by atomic mass is 10.2. The Morgan fingerprint density at radius 1 is 1.33 bits per heavy atom. The zero-order valence-electron chi connectivity index (χ0n) is 5.00. The van der Waals surface area contributed by atoms with Gasteiger partial charge in [0.2, 0.25) is 0 Å². The molecule has 0 bridgehead atoms. The van der Waals surface area contributed by atoms with Crippen molar-refractivity contribution in [2.75, 3.05) is 0 Å². The lowest BCUT2D eigenvalue weighted by Gasteiger charge is -2.07. The number of alkyl halides is 4. The van der Waals surface area contributed by atoms with Gasteiger partial charge in [-0.1, -0.05) is 6.92 Å². The molecule has 0 radical (unpaired) electrons. The van der Waals surface area contributed by atoms with E-state index in [4.69, 9.17) is 0 Å². The van der Waals surface area contributed by atoms with E-state index in [0.717, 1.165) is 0 Å². The number of hydrogen-bond donors (Lipinski definition) is 0. The summed E-state index contributed by atoms with van der Waals surface area (Å²) in [6.07, 6.45) is -7.47. The van der Waals surface area contributed by atoms with Crippen molar-refractivity contribution >= 4 is 0 Å². The van der Waals surface area contributed by atoms with Crippen LogP contribution in [0.1, 0.15) is 19.8 Å². The molecule has 0 aliphatic rings. The molecule has 0 aliphatic carbocycles. The van der Waals surface area contributed by atoms with Crippen LogP contribution in [0.15, 0.2) is 0 Å². The summed E-state index contributed by atoms with van der Waals surface area (Å²) in [4.78, 5) is 0. The Labute approximate surface area is 50.9 Å². The van der Waals surface area contributed by atoms with Crippen LogP contribution >= 0.6 is 0 Å². The fourth-order valence-corrected chi connectivity index (χ4v) is 0.395.